The molecule has 3 fully saturated rings. The maximum Gasteiger partial charge on any atom is 0.353 e. The molecule has 3 saturated heterocycles. The molecule has 7 atom stereocenters. The molecule has 13 nitrogen and oxygen atoms in total. The van der Waals surface area contributed by atoms with E-state index < -0.39 is 23.8 Å². The molecular weight excluding hydrogens is 500 g/mol. The molecule has 0 aliphatic carbocycles. The molecule has 206 valence electrons. The fourth-order valence-corrected chi connectivity index (χ4v) is 7.10. The molecular formula is C23H38N8O5S. The van der Waals surface area contributed by atoms with Gasteiger partial charge in [0.25, 0.3) is 0 Å². The van der Waals surface area contributed by atoms with Crippen LogP contribution in [0.3, 0.4) is 0 Å². The quantitative estimate of drug-likeness (QED) is 0.116. The second-order valence-electron chi connectivity index (χ2n) is 9.90. The summed E-state index contributed by atoms with van der Waals surface area (Å²) < 4.78 is 0. The molecule has 0 spiro atoms. The average Bonchev–Trinajstić information content (AvgIpc) is 3.50. The summed E-state index contributed by atoms with van der Waals surface area (Å²) in [6, 6.07) is -1.21. The lowest BCUT2D eigenvalue weighted by molar-refractivity contribution is -0.158. The highest BCUT2D eigenvalue weighted by molar-refractivity contribution is 8.03. The Bertz CT molecular complexity index is 1020. The van der Waals surface area contributed by atoms with E-state index in [1.807, 2.05) is 6.92 Å². The maximum atomic E-state index is 13.0. The zero-order chi connectivity index (χ0) is 26.3. The lowest BCUT2D eigenvalue weighted by atomic mass is 9.78. The van der Waals surface area contributed by atoms with Gasteiger partial charge in [0.05, 0.1) is 18.0 Å². The summed E-state index contributed by atoms with van der Waals surface area (Å²) in [5.74, 6) is -2.90. The van der Waals surface area contributed by atoms with Crippen molar-refractivity contribution in [1.82, 2.24) is 20.4 Å². The van der Waals surface area contributed by atoms with Crippen LogP contribution in [0.25, 0.3) is 0 Å². The fraction of sp³-hybridized carbons (Fsp3) is 0.696. The predicted octanol–water partition coefficient (Wildman–Crippen LogP) is -1.80. The summed E-state index contributed by atoms with van der Waals surface area (Å²) in [7, 11) is 0. The van der Waals surface area contributed by atoms with Crippen LogP contribution in [-0.4, -0.2) is 100 Å². The zero-order valence-corrected chi connectivity index (χ0v) is 21.2. The number of likely N-dealkylation sites (tertiary alicyclic amines) is 1. The van der Waals surface area contributed by atoms with Crippen LogP contribution < -0.4 is 27.8 Å². The predicted molar refractivity (Wildman–Crippen MR) is 140 cm³/mol. The number of guanidine groups is 1. The van der Waals surface area contributed by atoms with Crippen LogP contribution in [0.1, 0.15) is 34.1 Å². The summed E-state index contributed by atoms with van der Waals surface area (Å²) in [5.41, 5.74) is 16.5. The van der Waals surface area contributed by atoms with Gasteiger partial charge in [0.1, 0.15) is 12.2 Å². The SMILES string of the molecule is C.C[C@@H](NC(=O)CN=C(N)N)[C@H]1C(=O)N2C(C(=O)O)=C(S[C@@H]3CN[C@H](C(=O)N4CCC(N)C4)C3)[C@H](C)[C@H]12. The summed E-state index contributed by atoms with van der Waals surface area (Å²) in [4.78, 5) is 57.6. The summed E-state index contributed by atoms with van der Waals surface area (Å²) in [6.45, 7) is 5.13. The Labute approximate surface area is 220 Å². The van der Waals surface area contributed by atoms with E-state index in [2.05, 4.69) is 15.6 Å². The fourth-order valence-electron chi connectivity index (χ4n) is 5.62. The third-order valence-electron chi connectivity index (χ3n) is 7.34. The van der Waals surface area contributed by atoms with Crippen LogP contribution >= 0.6 is 11.8 Å². The highest BCUT2D eigenvalue weighted by atomic mass is 32.2. The van der Waals surface area contributed by atoms with Gasteiger partial charge in [-0.2, -0.15) is 0 Å². The number of hydrogen-bond acceptors (Lipinski definition) is 8. The first-order chi connectivity index (χ1) is 17.0. The largest absolute Gasteiger partial charge is 0.477 e. The van der Waals surface area contributed by atoms with Gasteiger partial charge in [0, 0.05) is 47.8 Å². The molecule has 0 radical (unpaired) electrons. The molecule has 37 heavy (non-hydrogen) atoms. The highest BCUT2D eigenvalue weighted by Crippen LogP contribution is 2.51. The Morgan fingerprint density at radius 2 is 2.03 bits per heavy atom. The number of carboxylic acid groups (broad SMARTS) is 1. The van der Waals surface area contributed by atoms with E-state index in [0.717, 1.165) is 6.42 Å². The Hall–Kier alpha value is -2.84. The first-order valence-electron chi connectivity index (χ1n) is 12.1. The van der Waals surface area contributed by atoms with E-state index in [1.54, 1.807) is 11.8 Å². The molecule has 4 heterocycles. The summed E-state index contributed by atoms with van der Waals surface area (Å²) in [6.07, 6.45) is 1.36. The Balaban J connectivity index is 0.00000380. The number of rotatable bonds is 8. The van der Waals surface area contributed by atoms with Crippen molar-refractivity contribution in [3.05, 3.63) is 10.6 Å². The van der Waals surface area contributed by atoms with E-state index in [-0.39, 0.29) is 66.7 Å². The van der Waals surface area contributed by atoms with Crippen molar-refractivity contribution in [1.29, 1.82) is 0 Å². The minimum atomic E-state index is -1.16. The second kappa shape index (κ2) is 11.3. The van der Waals surface area contributed by atoms with Gasteiger partial charge in [0.2, 0.25) is 17.7 Å². The van der Waals surface area contributed by atoms with Gasteiger partial charge in [0.15, 0.2) is 5.96 Å². The van der Waals surface area contributed by atoms with Gasteiger partial charge in [-0.25, -0.2) is 9.79 Å². The van der Waals surface area contributed by atoms with Crippen LogP contribution in [0.4, 0.5) is 0 Å². The van der Waals surface area contributed by atoms with Crippen molar-refractivity contribution in [3.63, 3.8) is 0 Å². The van der Waals surface area contributed by atoms with Gasteiger partial charge >= 0.3 is 5.97 Å². The first-order valence-corrected chi connectivity index (χ1v) is 13.0. The van der Waals surface area contributed by atoms with E-state index >= 15 is 0 Å². The number of carbonyl (C=O) groups excluding carboxylic acids is 3. The summed E-state index contributed by atoms with van der Waals surface area (Å²) in [5, 5.41) is 16.0. The monoisotopic (exact) mass is 538 g/mol. The molecule has 1 unspecified atom stereocenters. The Kier molecular flexibility index (Phi) is 8.75. The number of β-lactam (4-membered cyclic amide) rings is 1. The van der Waals surface area contributed by atoms with E-state index in [0.29, 0.717) is 31.0 Å². The first kappa shape index (κ1) is 28.7. The van der Waals surface area contributed by atoms with Crippen molar-refractivity contribution >= 4 is 41.4 Å². The lowest BCUT2D eigenvalue weighted by Gasteiger charge is -2.47. The van der Waals surface area contributed by atoms with Crippen LogP contribution in [-0.2, 0) is 19.2 Å². The van der Waals surface area contributed by atoms with Gasteiger partial charge < -0.3 is 42.7 Å². The molecule has 0 aromatic heterocycles. The molecule has 0 aromatic carbocycles. The second-order valence-corrected chi connectivity index (χ2v) is 11.2. The van der Waals surface area contributed by atoms with E-state index in [4.69, 9.17) is 17.2 Å². The third-order valence-corrected chi connectivity index (χ3v) is 8.85. The van der Waals surface area contributed by atoms with Crippen molar-refractivity contribution in [2.75, 3.05) is 26.2 Å². The minimum absolute atomic E-state index is 0. The van der Waals surface area contributed by atoms with Crippen molar-refractivity contribution in [2.24, 2.45) is 34.0 Å². The Morgan fingerprint density at radius 1 is 1.32 bits per heavy atom. The highest BCUT2D eigenvalue weighted by Gasteiger charge is 2.60. The molecule has 3 amide bonds. The molecule has 14 heteroatoms. The number of thioether (sulfide) groups is 1. The molecule has 0 aromatic rings. The molecule has 4 aliphatic rings. The number of fused-ring (bicyclic) bond motifs is 1. The molecule has 9 N–H and O–H groups in total. The Morgan fingerprint density at radius 3 is 2.62 bits per heavy atom. The number of carboxylic acids is 1. The van der Waals surface area contributed by atoms with Gasteiger partial charge in [-0.1, -0.05) is 14.4 Å². The van der Waals surface area contributed by atoms with Crippen LogP contribution in [0.2, 0.25) is 0 Å². The van der Waals surface area contributed by atoms with Crippen LogP contribution in [0, 0.1) is 11.8 Å². The number of nitrogens with two attached hydrogens (primary N) is 3. The standard InChI is InChI=1S/C22H34N8O5S.CH4/c1-9-16-15(10(2)28-14(31)7-27-22(24)25)20(33)30(16)17(21(34)35)18(9)36-12-5-13(26-6-12)19(32)29-4-3-11(23)8-29;/h9-13,15-16,26H,3-8,23H2,1-2H3,(H,28,31)(H,34,35)(H4,24,25,27);1H4/t9-,10-,11?,12+,13+,15-,16-;/m1./s1. The molecule has 4 rings (SSSR count). The third kappa shape index (κ3) is 5.55. The van der Waals surface area contributed by atoms with E-state index in [1.165, 1.54) is 16.7 Å². The van der Waals surface area contributed by atoms with Crippen molar-refractivity contribution < 1.29 is 24.3 Å². The number of hydrogen-bond donors (Lipinski definition) is 6. The van der Waals surface area contributed by atoms with Crippen molar-refractivity contribution in [3.8, 4) is 0 Å². The minimum Gasteiger partial charge on any atom is -0.477 e. The van der Waals surface area contributed by atoms with E-state index in [9.17, 15) is 24.3 Å². The van der Waals surface area contributed by atoms with Crippen LogP contribution in [0.5, 0.6) is 0 Å². The number of aliphatic carboxylic acids is 1. The van der Waals surface area contributed by atoms with Gasteiger partial charge in [-0.15, -0.1) is 11.8 Å². The number of aliphatic imine (C=N–C) groups is 1. The topological polar surface area (TPSA) is 209 Å². The van der Waals surface area contributed by atoms with Crippen molar-refractivity contribution in [2.45, 2.75) is 63.5 Å². The normalized spacial score (nSPS) is 31.4. The number of amides is 3. The van der Waals surface area contributed by atoms with Crippen LogP contribution in [0.15, 0.2) is 15.6 Å². The molecule has 0 saturated carbocycles. The zero-order valence-electron chi connectivity index (χ0n) is 20.3. The number of nitrogens with zero attached hydrogens (tertiary/aromatic N) is 3. The average molecular weight is 539 g/mol. The molecule has 0 bridgehead atoms. The summed E-state index contributed by atoms with van der Waals surface area (Å²) >= 11 is 1.43. The lowest BCUT2D eigenvalue weighted by Crippen LogP contribution is -2.66. The number of carbonyl (C=O) groups is 4. The number of nitrogens with one attached hydrogen (secondary N) is 2. The van der Waals surface area contributed by atoms with Gasteiger partial charge in [-0.05, 0) is 19.8 Å². The molecule has 4 aliphatic heterocycles. The van der Waals surface area contributed by atoms with Gasteiger partial charge in [-0.3, -0.25) is 14.4 Å². The smallest absolute Gasteiger partial charge is 0.353 e. The maximum absolute atomic E-state index is 13.0.